The lowest BCUT2D eigenvalue weighted by atomic mass is 10.3. The standard InChI is InChI=1S/C28H28O5Si2/c1-29-21-13-5-9-17-25(21)34(26-18-10-6-14-22(26)30-2)33-35(27-19-11-7-15-23(27)31-3)28-20-12-8-16-24(28)32-4/h5-20H,1-4H3. The lowest BCUT2D eigenvalue weighted by Gasteiger charge is -2.27. The van der Waals surface area contributed by atoms with Crippen molar-refractivity contribution in [2.24, 2.45) is 0 Å². The highest BCUT2D eigenvalue weighted by Crippen LogP contribution is 2.17. The molecule has 0 aliphatic heterocycles. The summed E-state index contributed by atoms with van der Waals surface area (Å²) in [5.74, 6) is 3.14. The van der Waals surface area contributed by atoms with Gasteiger partial charge in [-0.3, -0.25) is 0 Å². The first-order chi connectivity index (χ1) is 17.2. The van der Waals surface area contributed by atoms with Crippen molar-refractivity contribution in [2.75, 3.05) is 28.4 Å². The minimum absolute atomic E-state index is 0.786. The molecule has 35 heavy (non-hydrogen) atoms. The van der Waals surface area contributed by atoms with Crippen LogP contribution in [0.3, 0.4) is 0 Å². The molecule has 0 spiro atoms. The maximum absolute atomic E-state index is 7.25. The zero-order valence-electron chi connectivity index (χ0n) is 20.3. The van der Waals surface area contributed by atoms with E-state index in [0.717, 1.165) is 43.7 Å². The van der Waals surface area contributed by atoms with Crippen LogP contribution in [0.2, 0.25) is 0 Å². The second-order valence-electron chi connectivity index (χ2n) is 7.56. The van der Waals surface area contributed by atoms with Gasteiger partial charge in [0, 0.05) is 20.7 Å². The zero-order chi connectivity index (χ0) is 24.6. The number of hydrogen-bond donors (Lipinski definition) is 0. The third-order valence-corrected chi connectivity index (χ3v) is 10.9. The summed E-state index contributed by atoms with van der Waals surface area (Å²) in [6, 6.07) is 32.1. The predicted molar refractivity (Wildman–Crippen MR) is 143 cm³/mol. The average Bonchev–Trinajstić information content (AvgIpc) is 2.94. The molecule has 5 nitrogen and oxygen atoms in total. The van der Waals surface area contributed by atoms with Gasteiger partial charge in [0.2, 0.25) is 0 Å². The van der Waals surface area contributed by atoms with Gasteiger partial charge < -0.3 is 23.1 Å². The third kappa shape index (κ3) is 5.27. The van der Waals surface area contributed by atoms with Crippen LogP contribution >= 0.6 is 0 Å². The van der Waals surface area contributed by atoms with E-state index in [1.165, 1.54) is 0 Å². The first-order valence-electron chi connectivity index (χ1n) is 11.2. The molecule has 4 aromatic rings. The van der Waals surface area contributed by atoms with Gasteiger partial charge in [-0.25, -0.2) is 0 Å². The van der Waals surface area contributed by atoms with Crippen molar-refractivity contribution in [3.8, 4) is 23.0 Å². The van der Waals surface area contributed by atoms with Crippen LogP contribution < -0.4 is 39.7 Å². The normalized spacial score (nSPS) is 10.9. The van der Waals surface area contributed by atoms with Crippen LogP contribution in [0.15, 0.2) is 97.1 Å². The van der Waals surface area contributed by atoms with E-state index in [4.69, 9.17) is 23.1 Å². The maximum Gasteiger partial charge on any atom is 0.280 e. The molecule has 4 aromatic carbocycles. The fraction of sp³-hybridized carbons (Fsp3) is 0.143. The maximum atomic E-state index is 7.25. The number of ether oxygens (including phenoxy) is 4. The van der Waals surface area contributed by atoms with Gasteiger partial charge >= 0.3 is 0 Å². The SMILES string of the molecule is COc1ccccc1[Si](O[Si](c1ccccc1OC)c1ccccc1OC)c1ccccc1OC. The fourth-order valence-corrected chi connectivity index (χ4v) is 9.72. The number of rotatable bonds is 10. The van der Waals surface area contributed by atoms with E-state index in [0.29, 0.717) is 0 Å². The molecule has 0 N–H and O–H groups in total. The second kappa shape index (κ2) is 11.7. The lowest BCUT2D eigenvalue weighted by molar-refractivity contribution is 0.414. The van der Waals surface area contributed by atoms with E-state index < -0.39 is 18.1 Å². The summed E-state index contributed by atoms with van der Waals surface area (Å²) in [6.45, 7) is 0. The predicted octanol–water partition coefficient (Wildman–Crippen LogP) is 2.65. The van der Waals surface area contributed by atoms with Crippen molar-refractivity contribution in [2.45, 2.75) is 0 Å². The Kier molecular flexibility index (Phi) is 8.25. The van der Waals surface area contributed by atoms with Crippen LogP contribution in [0.4, 0.5) is 0 Å². The van der Waals surface area contributed by atoms with Gasteiger partial charge in [-0.05, 0) is 24.3 Å². The second-order valence-corrected chi connectivity index (χ2v) is 11.8. The van der Waals surface area contributed by atoms with Crippen LogP contribution in [0.5, 0.6) is 23.0 Å². The first-order valence-corrected chi connectivity index (χ1v) is 14.0. The minimum Gasteiger partial charge on any atom is -0.497 e. The summed E-state index contributed by atoms with van der Waals surface area (Å²) in [4.78, 5) is 0. The summed E-state index contributed by atoms with van der Waals surface area (Å²) >= 11 is 0. The van der Waals surface area contributed by atoms with E-state index in [-0.39, 0.29) is 0 Å². The van der Waals surface area contributed by atoms with Crippen molar-refractivity contribution in [1.82, 2.24) is 0 Å². The molecule has 0 aromatic heterocycles. The van der Waals surface area contributed by atoms with Gasteiger partial charge in [0.15, 0.2) is 0 Å². The fourth-order valence-electron chi connectivity index (χ4n) is 3.94. The minimum atomic E-state index is -1.84. The van der Waals surface area contributed by atoms with Gasteiger partial charge in [-0.15, -0.1) is 0 Å². The Labute approximate surface area is 210 Å². The van der Waals surface area contributed by atoms with E-state index >= 15 is 0 Å². The molecule has 0 amide bonds. The molecule has 0 aliphatic rings. The molecule has 4 rings (SSSR count). The van der Waals surface area contributed by atoms with Crippen LogP contribution in [0.1, 0.15) is 0 Å². The molecule has 0 saturated carbocycles. The van der Waals surface area contributed by atoms with Crippen molar-refractivity contribution in [1.29, 1.82) is 0 Å². The third-order valence-electron chi connectivity index (χ3n) is 5.61. The van der Waals surface area contributed by atoms with Crippen LogP contribution in [-0.2, 0) is 4.12 Å². The Bertz CT molecular complexity index is 1070. The molecular formula is C28H28O5Si2. The lowest BCUT2D eigenvalue weighted by Crippen LogP contribution is -2.56. The molecule has 0 saturated heterocycles. The summed E-state index contributed by atoms with van der Waals surface area (Å²) < 4.78 is 30.3. The van der Waals surface area contributed by atoms with Crippen LogP contribution in [-0.4, -0.2) is 46.5 Å². The molecule has 2 radical (unpaired) electrons. The Morgan fingerprint density at radius 3 is 0.829 bits per heavy atom. The Morgan fingerprint density at radius 1 is 0.371 bits per heavy atom. The quantitative estimate of drug-likeness (QED) is 0.313. The molecule has 0 bridgehead atoms. The Balaban J connectivity index is 1.94. The molecular weight excluding hydrogens is 472 g/mol. The average molecular weight is 501 g/mol. The molecule has 0 fully saturated rings. The molecule has 0 atom stereocenters. The van der Waals surface area contributed by atoms with Gasteiger partial charge in [-0.2, -0.15) is 0 Å². The van der Waals surface area contributed by atoms with Gasteiger partial charge in [0.25, 0.3) is 18.1 Å². The smallest absolute Gasteiger partial charge is 0.280 e. The van der Waals surface area contributed by atoms with Gasteiger partial charge in [0.05, 0.1) is 28.4 Å². The van der Waals surface area contributed by atoms with Crippen molar-refractivity contribution < 1.29 is 23.1 Å². The van der Waals surface area contributed by atoms with Gasteiger partial charge in [0.1, 0.15) is 23.0 Å². The van der Waals surface area contributed by atoms with E-state index in [2.05, 4.69) is 24.3 Å². The molecule has 0 unspecified atom stereocenters. The van der Waals surface area contributed by atoms with E-state index in [1.807, 2.05) is 72.8 Å². The zero-order valence-corrected chi connectivity index (χ0v) is 22.3. The molecule has 0 heterocycles. The highest BCUT2D eigenvalue weighted by molar-refractivity contribution is 6.93. The highest BCUT2D eigenvalue weighted by Gasteiger charge is 2.34. The monoisotopic (exact) mass is 500 g/mol. The number of hydrogen-bond acceptors (Lipinski definition) is 5. The Hall–Kier alpha value is -3.53. The van der Waals surface area contributed by atoms with E-state index in [9.17, 15) is 0 Å². The van der Waals surface area contributed by atoms with Crippen molar-refractivity contribution in [3.05, 3.63) is 97.1 Å². The van der Waals surface area contributed by atoms with Gasteiger partial charge in [-0.1, -0.05) is 72.8 Å². The van der Waals surface area contributed by atoms with Crippen LogP contribution in [0.25, 0.3) is 0 Å². The molecule has 0 aliphatic carbocycles. The summed E-state index contributed by atoms with van der Waals surface area (Å²) in [5, 5.41) is 4.04. The van der Waals surface area contributed by atoms with E-state index in [1.54, 1.807) is 28.4 Å². The topological polar surface area (TPSA) is 46.2 Å². The molecule has 7 heteroatoms. The summed E-state index contributed by atoms with van der Waals surface area (Å²) in [5.41, 5.74) is 0. The first kappa shape index (κ1) is 24.6. The number of benzene rings is 4. The Morgan fingerprint density at radius 2 is 0.600 bits per heavy atom. The summed E-state index contributed by atoms with van der Waals surface area (Å²) in [6.07, 6.45) is 0. The largest absolute Gasteiger partial charge is 0.497 e. The number of para-hydroxylation sites is 4. The summed E-state index contributed by atoms with van der Waals surface area (Å²) in [7, 11) is 3.07. The van der Waals surface area contributed by atoms with Crippen molar-refractivity contribution in [3.63, 3.8) is 0 Å². The van der Waals surface area contributed by atoms with Crippen LogP contribution in [0, 0.1) is 0 Å². The molecule has 178 valence electrons. The number of methoxy groups -OCH3 is 4. The highest BCUT2D eigenvalue weighted by atomic mass is 28.4. The van der Waals surface area contributed by atoms with Crippen molar-refractivity contribution >= 4 is 38.8 Å².